The molecule has 74 valence electrons. The summed E-state index contributed by atoms with van der Waals surface area (Å²) < 4.78 is 0. The first-order valence-electron chi connectivity index (χ1n) is 4.67. The second kappa shape index (κ2) is 4.94. The van der Waals surface area contributed by atoms with Crippen LogP contribution in [-0.4, -0.2) is 15.1 Å². The van der Waals surface area contributed by atoms with Gasteiger partial charge in [-0.15, -0.1) is 0 Å². The molecule has 0 saturated heterocycles. The lowest BCUT2D eigenvalue weighted by atomic mass is 10.2. The number of aryl methyl sites for hydroxylation is 3. The van der Waals surface area contributed by atoms with Crippen molar-refractivity contribution < 1.29 is 0 Å². The molecule has 0 aromatic carbocycles. The smallest absolute Gasteiger partial charge is 0.125 e. The molecule has 0 N–H and O–H groups in total. The van der Waals surface area contributed by atoms with E-state index in [0.29, 0.717) is 0 Å². The first-order valence-corrected chi connectivity index (χ1v) is 5.08. The van der Waals surface area contributed by atoms with Crippen molar-refractivity contribution in [3.05, 3.63) is 17.2 Å². The number of nitrogens with zero attached hydrogens (tertiary/aromatic N) is 3. The summed E-state index contributed by atoms with van der Waals surface area (Å²) in [5.41, 5.74) is 2.70. The van der Waals surface area contributed by atoms with Crippen molar-refractivity contribution in [1.29, 1.82) is 0 Å². The van der Waals surface area contributed by atoms with Crippen molar-refractivity contribution in [2.75, 3.05) is 0 Å². The Balaban J connectivity index is 3.39. The first kappa shape index (κ1) is 11.0. The van der Waals surface area contributed by atoms with E-state index in [1.54, 1.807) is 0 Å². The third-order valence-electron chi connectivity index (χ3n) is 1.97. The molecule has 3 nitrogen and oxygen atoms in total. The van der Waals surface area contributed by atoms with Crippen LogP contribution in [0.15, 0.2) is 4.99 Å². The Kier molecular flexibility index (Phi) is 3.86. The fourth-order valence-electron chi connectivity index (χ4n) is 1.36. The molecule has 0 aliphatic heterocycles. The zero-order valence-corrected chi connectivity index (χ0v) is 9.48. The van der Waals surface area contributed by atoms with Crippen molar-refractivity contribution in [2.45, 2.75) is 33.6 Å². The number of isothiocyanates is 1. The van der Waals surface area contributed by atoms with Crippen molar-refractivity contribution in [3.63, 3.8) is 0 Å². The second-order valence-corrected chi connectivity index (χ2v) is 3.11. The molecular formula is C10H13N3S. The summed E-state index contributed by atoms with van der Waals surface area (Å²) in [7, 11) is 0. The average Bonchev–Trinajstić information content (AvgIpc) is 2.20. The van der Waals surface area contributed by atoms with Crippen LogP contribution < -0.4 is 0 Å². The molecule has 0 bridgehead atoms. The Bertz CT molecular complexity index is 356. The summed E-state index contributed by atoms with van der Waals surface area (Å²) in [6.45, 7) is 5.98. The van der Waals surface area contributed by atoms with E-state index in [1.165, 1.54) is 0 Å². The quantitative estimate of drug-likeness (QED) is 0.565. The zero-order valence-electron chi connectivity index (χ0n) is 8.66. The van der Waals surface area contributed by atoms with E-state index < -0.39 is 0 Å². The van der Waals surface area contributed by atoms with Gasteiger partial charge in [-0.1, -0.05) is 13.8 Å². The van der Waals surface area contributed by atoms with Crippen LogP contribution in [0.1, 0.15) is 31.1 Å². The van der Waals surface area contributed by atoms with Gasteiger partial charge in [-0.05, 0) is 32.0 Å². The molecule has 1 aromatic heterocycles. The molecular weight excluding hydrogens is 194 g/mol. The maximum Gasteiger partial charge on any atom is 0.125 e. The van der Waals surface area contributed by atoms with Crippen LogP contribution in [0.25, 0.3) is 0 Å². The van der Waals surface area contributed by atoms with Gasteiger partial charge in [0.05, 0.1) is 16.5 Å². The average molecular weight is 207 g/mol. The Morgan fingerprint density at radius 3 is 2.07 bits per heavy atom. The van der Waals surface area contributed by atoms with Crippen LogP contribution in [-0.2, 0) is 12.8 Å². The molecule has 0 amide bonds. The maximum absolute atomic E-state index is 4.61. The number of hydrogen-bond acceptors (Lipinski definition) is 4. The third-order valence-corrected chi connectivity index (χ3v) is 2.06. The molecule has 0 atom stereocenters. The van der Waals surface area contributed by atoms with Crippen molar-refractivity contribution in [2.24, 2.45) is 4.99 Å². The van der Waals surface area contributed by atoms with Crippen molar-refractivity contribution in [1.82, 2.24) is 9.97 Å². The van der Waals surface area contributed by atoms with Crippen molar-refractivity contribution >= 4 is 23.1 Å². The van der Waals surface area contributed by atoms with Crippen LogP contribution in [0.4, 0.5) is 5.69 Å². The standard InChI is InChI=1S/C10H13N3S/c1-4-8-10(11-6-14)9(5-2)13-7(3)12-8/h4-5H2,1-3H3. The van der Waals surface area contributed by atoms with Gasteiger partial charge in [-0.3, -0.25) is 0 Å². The van der Waals surface area contributed by atoms with E-state index in [9.17, 15) is 0 Å². The molecule has 14 heavy (non-hydrogen) atoms. The topological polar surface area (TPSA) is 38.1 Å². The van der Waals surface area contributed by atoms with Gasteiger partial charge in [0.1, 0.15) is 11.5 Å². The van der Waals surface area contributed by atoms with E-state index in [4.69, 9.17) is 0 Å². The van der Waals surface area contributed by atoms with Gasteiger partial charge in [0.25, 0.3) is 0 Å². The maximum atomic E-state index is 4.61. The van der Waals surface area contributed by atoms with Gasteiger partial charge in [0.15, 0.2) is 0 Å². The van der Waals surface area contributed by atoms with Crippen LogP contribution in [0.2, 0.25) is 0 Å². The molecule has 1 aromatic rings. The predicted octanol–water partition coefficient (Wildman–Crippen LogP) is 2.64. The predicted molar refractivity (Wildman–Crippen MR) is 60.2 cm³/mol. The Labute approximate surface area is 89.3 Å². The summed E-state index contributed by atoms with van der Waals surface area (Å²) in [6, 6.07) is 0. The third kappa shape index (κ3) is 2.22. The molecule has 4 heteroatoms. The van der Waals surface area contributed by atoms with Gasteiger partial charge in [0.2, 0.25) is 0 Å². The van der Waals surface area contributed by atoms with Gasteiger partial charge in [0, 0.05) is 0 Å². The van der Waals surface area contributed by atoms with Crippen LogP contribution >= 0.6 is 12.2 Å². The molecule has 0 aliphatic carbocycles. The summed E-state index contributed by atoms with van der Waals surface area (Å²) >= 11 is 4.61. The van der Waals surface area contributed by atoms with Gasteiger partial charge >= 0.3 is 0 Å². The molecule has 1 rings (SSSR count). The van der Waals surface area contributed by atoms with E-state index in [2.05, 4.69) is 32.3 Å². The van der Waals surface area contributed by atoms with Gasteiger partial charge < -0.3 is 0 Å². The minimum atomic E-state index is 0.794. The second-order valence-electron chi connectivity index (χ2n) is 2.92. The molecule has 1 heterocycles. The number of aromatic nitrogens is 2. The minimum Gasteiger partial charge on any atom is -0.236 e. The van der Waals surface area contributed by atoms with Crippen LogP contribution in [0, 0.1) is 6.92 Å². The lowest BCUT2D eigenvalue weighted by Gasteiger charge is -2.06. The van der Waals surface area contributed by atoms with E-state index in [0.717, 1.165) is 35.7 Å². The molecule has 0 fully saturated rings. The summed E-state index contributed by atoms with van der Waals surface area (Å²) in [6.07, 6.45) is 1.68. The monoisotopic (exact) mass is 207 g/mol. The van der Waals surface area contributed by atoms with Gasteiger partial charge in [-0.25, -0.2) is 9.97 Å². The molecule has 0 unspecified atom stereocenters. The highest BCUT2D eigenvalue weighted by Gasteiger charge is 2.08. The van der Waals surface area contributed by atoms with E-state index >= 15 is 0 Å². The minimum absolute atomic E-state index is 0.794. The highest BCUT2D eigenvalue weighted by Crippen LogP contribution is 2.22. The largest absolute Gasteiger partial charge is 0.236 e. The van der Waals surface area contributed by atoms with Crippen LogP contribution in [0.5, 0.6) is 0 Å². The SMILES string of the molecule is CCc1nc(C)nc(CC)c1N=C=S. The number of hydrogen-bond donors (Lipinski definition) is 0. The Morgan fingerprint density at radius 1 is 1.21 bits per heavy atom. The summed E-state index contributed by atoms with van der Waals surface area (Å²) in [5, 5.41) is 2.38. The van der Waals surface area contributed by atoms with E-state index in [1.807, 2.05) is 20.8 Å². The molecule has 0 radical (unpaired) electrons. The Hall–Kier alpha value is -1.12. The highest BCUT2D eigenvalue weighted by atomic mass is 32.1. The fourth-order valence-corrected chi connectivity index (χ4v) is 1.45. The van der Waals surface area contributed by atoms with Gasteiger partial charge in [-0.2, -0.15) is 4.99 Å². The summed E-state index contributed by atoms with van der Waals surface area (Å²) in [4.78, 5) is 12.7. The Morgan fingerprint density at radius 2 is 1.71 bits per heavy atom. The van der Waals surface area contributed by atoms with E-state index in [-0.39, 0.29) is 0 Å². The number of rotatable bonds is 3. The zero-order chi connectivity index (χ0) is 10.6. The lowest BCUT2D eigenvalue weighted by Crippen LogP contribution is -2.00. The highest BCUT2D eigenvalue weighted by molar-refractivity contribution is 7.78. The van der Waals surface area contributed by atoms with Crippen LogP contribution in [0.3, 0.4) is 0 Å². The fraction of sp³-hybridized carbons (Fsp3) is 0.500. The normalized spacial score (nSPS) is 9.64. The molecule has 0 spiro atoms. The first-order chi connectivity index (χ1) is 6.72. The molecule has 0 saturated carbocycles. The lowest BCUT2D eigenvalue weighted by molar-refractivity contribution is 0.894. The summed E-state index contributed by atoms with van der Waals surface area (Å²) in [5.74, 6) is 0.794. The molecule has 0 aliphatic rings. The number of aliphatic imine (C=N–C) groups is 1. The number of thiocarbonyl (C=S) groups is 1. The van der Waals surface area contributed by atoms with Crippen molar-refractivity contribution in [3.8, 4) is 0 Å².